The van der Waals surface area contributed by atoms with Crippen molar-refractivity contribution < 1.29 is 0 Å². The Morgan fingerprint density at radius 3 is 2.50 bits per heavy atom. The van der Waals surface area contributed by atoms with Crippen LogP contribution in [0.5, 0.6) is 0 Å². The maximum absolute atomic E-state index is 13.0. The molecule has 0 saturated heterocycles. The molecule has 0 atom stereocenters. The van der Waals surface area contributed by atoms with E-state index < -0.39 is 0 Å². The second-order valence-corrected chi connectivity index (χ2v) is 6.73. The third-order valence-electron chi connectivity index (χ3n) is 5.17. The molecule has 118 valence electrons. The van der Waals surface area contributed by atoms with Crippen LogP contribution in [0.4, 0.5) is 0 Å². The molecule has 0 bridgehead atoms. The molecule has 0 fully saturated rings. The summed E-state index contributed by atoms with van der Waals surface area (Å²) in [4.78, 5) is 20.1. The highest BCUT2D eigenvalue weighted by atomic mass is 16.1. The zero-order valence-corrected chi connectivity index (χ0v) is 13.6. The Bertz CT molecular complexity index is 1160. The van der Waals surface area contributed by atoms with Gasteiger partial charge in [-0.3, -0.25) is 4.79 Å². The van der Waals surface area contributed by atoms with Crippen LogP contribution in [-0.2, 0) is 12.8 Å². The number of benzene rings is 2. The number of fused-ring (bicyclic) bond motifs is 6. The highest BCUT2D eigenvalue weighted by Crippen LogP contribution is 2.35. The summed E-state index contributed by atoms with van der Waals surface area (Å²) < 4.78 is 0. The van der Waals surface area contributed by atoms with Gasteiger partial charge in [-0.2, -0.15) is 0 Å². The molecule has 2 aromatic carbocycles. The fraction of sp³-hybridized carbons (Fsp3) is 0.190. The van der Waals surface area contributed by atoms with Crippen molar-refractivity contribution in [1.82, 2.24) is 9.97 Å². The van der Waals surface area contributed by atoms with Crippen LogP contribution in [0.3, 0.4) is 0 Å². The van der Waals surface area contributed by atoms with Crippen molar-refractivity contribution in [2.24, 2.45) is 0 Å². The van der Waals surface area contributed by atoms with Crippen LogP contribution in [0, 0.1) is 6.92 Å². The third kappa shape index (κ3) is 1.81. The van der Waals surface area contributed by atoms with Gasteiger partial charge in [0, 0.05) is 27.4 Å². The summed E-state index contributed by atoms with van der Waals surface area (Å²) in [5.74, 6) is 0. The number of nitrogens with one attached hydrogen (secondary N) is 2. The van der Waals surface area contributed by atoms with Crippen molar-refractivity contribution in [3.63, 3.8) is 0 Å². The van der Waals surface area contributed by atoms with E-state index in [1.165, 1.54) is 16.5 Å². The molecule has 0 saturated carbocycles. The van der Waals surface area contributed by atoms with E-state index in [0.717, 1.165) is 52.6 Å². The third-order valence-corrected chi connectivity index (χ3v) is 5.17. The quantitative estimate of drug-likeness (QED) is 0.494. The minimum atomic E-state index is 0.169. The molecule has 3 nitrogen and oxygen atoms in total. The highest BCUT2D eigenvalue weighted by Gasteiger charge is 2.22. The second kappa shape index (κ2) is 4.84. The van der Waals surface area contributed by atoms with E-state index in [4.69, 9.17) is 0 Å². The summed E-state index contributed by atoms with van der Waals surface area (Å²) in [5, 5.41) is 2.06. The predicted octanol–water partition coefficient (Wildman–Crippen LogP) is 4.47. The van der Waals surface area contributed by atoms with Gasteiger partial charge in [0.2, 0.25) is 0 Å². The molecule has 5 rings (SSSR count). The first-order chi connectivity index (χ1) is 11.7. The molecule has 1 aliphatic rings. The molecule has 2 aromatic heterocycles. The lowest BCUT2D eigenvalue weighted by Gasteiger charge is -2.08. The molecule has 0 spiro atoms. The van der Waals surface area contributed by atoms with E-state index in [1.54, 1.807) is 0 Å². The first-order valence-electron chi connectivity index (χ1n) is 8.48. The molecule has 0 amide bonds. The van der Waals surface area contributed by atoms with E-state index in [-0.39, 0.29) is 5.43 Å². The molecule has 0 radical (unpaired) electrons. The van der Waals surface area contributed by atoms with Crippen molar-refractivity contribution in [3.05, 3.63) is 69.4 Å². The summed E-state index contributed by atoms with van der Waals surface area (Å²) in [6, 6.07) is 14.3. The minimum absolute atomic E-state index is 0.169. The lowest BCUT2D eigenvalue weighted by Crippen LogP contribution is -2.12. The zero-order valence-electron chi connectivity index (χ0n) is 13.6. The average Bonchev–Trinajstić information content (AvgIpc) is 2.84. The van der Waals surface area contributed by atoms with Gasteiger partial charge in [0.15, 0.2) is 5.43 Å². The zero-order chi connectivity index (χ0) is 16.3. The monoisotopic (exact) mass is 314 g/mol. The van der Waals surface area contributed by atoms with Crippen LogP contribution in [0.2, 0.25) is 0 Å². The molecular weight excluding hydrogens is 296 g/mol. The molecule has 2 heterocycles. The number of para-hydroxylation sites is 1. The van der Waals surface area contributed by atoms with Crippen molar-refractivity contribution in [2.75, 3.05) is 0 Å². The van der Waals surface area contributed by atoms with Gasteiger partial charge in [0.1, 0.15) is 0 Å². The number of aromatic nitrogens is 2. The predicted molar refractivity (Wildman–Crippen MR) is 98.6 cm³/mol. The molecule has 2 N–H and O–H groups in total. The summed E-state index contributed by atoms with van der Waals surface area (Å²) in [6.07, 6.45) is 2.82. The Hall–Kier alpha value is -2.81. The molecular formula is C21H18N2O. The molecule has 3 heteroatoms. The van der Waals surface area contributed by atoms with Crippen LogP contribution in [0.1, 0.15) is 23.1 Å². The van der Waals surface area contributed by atoms with E-state index >= 15 is 0 Å². The Morgan fingerprint density at radius 2 is 1.58 bits per heavy atom. The topological polar surface area (TPSA) is 48.6 Å². The van der Waals surface area contributed by atoms with Crippen LogP contribution < -0.4 is 5.43 Å². The number of hydrogen-bond acceptors (Lipinski definition) is 1. The molecule has 0 aliphatic heterocycles. The van der Waals surface area contributed by atoms with E-state index in [0.29, 0.717) is 0 Å². The number of aryl methyl sites for hydroxylation is 2. The van der Waals surface area contributed by atoms with Gasteiger partial charge in [-0.05, 0) is 55.5 Å². The highest BCUT2D eigenvalue weighted by molar-refractivity contribution is 5.93. The van der Waals surface area contributed by atoms with Gasteiger partial charge in [-0.15, -0.1) is 0 Å². The number of rotatable bonds is 0. The van der Waals surface area contributed by atoms with E-state index in [9.17, 15) is 4.79 Å². The molecule has 0 unspecified atom stereocenters. The van der Waals surface area contributed by atoms with E-state index in [1.807, 2.05) is 24.3 Å². The number of hydrogen-bond donors (Lipinski definition) is 2. The van der Waals surface area contributed by atoms with E-state index in [2.05, 4.69) is 35.1 Å². The van der Waals surface area contributed by atoms with Crippen molar-refractivity contribution >= 4 is 21.8 Å². The number of H-pyrrole nitrogens is 2. The first-order valence-corrected chi connectivity index (χ1v) is 8.48. The summed E-state index contributed by atoms with van der Waals surface area (Å²) in [6.45, 7) is 2.11. The summed E-state index contributed by atoms with van der Waals surface area (Å²) in [5.41, 5.74) is 7.77. The maximum Gasteiger partial charge on any atom is 0.193 e. The number of aromatic amines is 2. The van der Waals surface area contributed by atoms with Gasteiger partial charge in [0.25, 0.3) is 0 Å². The van der Waals surface area contributed by atoms with Crippen molar-refractivity contribution in [2.45, 2.75) is 26.2 Å². The Kier molecular flexibility index (Phi) is 2.75. The van der Waals surface area contributed by atoms with Gasteiger partial charge >= 0.3 is 0 Å². The maximum atomic E-state index is 13.0. The van der Waals surface area contributed by atoms with Crippen LogP contribution in [-0.4, -0.2) is 9.97 Å². The smallest absolute Gasteiger partial charge is 0.193 e. The Labute approximate surface area is 139 Å². The second-order valence-electron chi connectivity index (χ2n) is 6.73. The van der Waals surface area contributed by atoms with Gasteiger partial charge in [0.05, 0.1) is 11.4 Å². The normalized spacial score (nSPS) is 13.7. The standard InChI is InChI=1S/C21H18N2O/c1-12-9-10-13-14-6-4-7-16-20(19(14)23-18(13)11-12)22-17-8-3-2-5-15(17)21(16)24/h2-3,5,8-11,23H,4,6-7H2,1H3,(H,22,24). The SMILES string of the molecule is Cc1ccc2c3c([nH]c2c1)-c1[nH]c2ccccc2c(=O)c1CCC3. The molecule has 24 heavy (non-hydrogen) atoms. The summed E-state index contributed by atoms with van der Waals surface area (Å²) >= 11 is 0. The number of pyridine rings is 1. The lowest BCUT2D eigenvalue weighted by molar-refractivity contribution is 0.834. The fourth-order valence-electron chi connectivity index (χ4n) is 4.01. The van der Waals surface area contributed by atoms with Crippen LogP contribution in [0.25, 0.3) is 33.2 Å². The minimum Gasteiger partial charge on any atom is -0.353 e. The average molecular weight is 314 g/mol. The van der Waals surface area contributed by atoms with Crippen LogP contribution >= 0.6 is 0 Å². The largest absolute Gasteiger partial charge is 0.353 e. The van der Waals surface area contributed by atoms with Crippen molar-refractivity contribution in [3.8, 4) is 11.4 Å². The van der Waals surface area contributed by atoms with Crippen molar-refractivity contribution in [1.29, 1.82) is 0 Å². The van der Waals surface area contributed by atoms with Gasteiger partial charge < -0.3 is 9.97 Å². The molecule has 4 aromatic rings. The molecule has 1 aliphatic carbocycles. The van der Waals surface area contributed by atoms with Gasteiger partial charge in [-0.1, -0.05) is 24.3 Å². The lowest BCUT2D eigenvalue weighted by atomic mass is 10.0. The van der Waals surface area contributed by atoms with Gasteiger partial charge in [-0.25, -0.2) is 0 Å². The fourth-order valence-corrected chi connectivity index (χ4v) is 4.01. The summed E-state index contributed by atoms with van der Waals surface area (Å²) in [7, 11) is 0. The van der Waals surface area contributed by atoms with Crippen LogP contribution in [0.15, 0.2) is 47.3 Å². The Balaban J connectivity index is 1.91. The first kappa shape index (κ1) is 13.6. The Morgan fingerprint density at radius 1 is 0.833 bits per heavy atom.